The van der Waals surface area contributed by atoms with Crippen LogP contribution in [-0.4, -0.2) is 17.0 Å². The monoisotopic (exact) mass is 423 g/mol. The Hall–Kier alpha value is -1.89. The van der Waals surface area contributed by atoms with Crippen molar-refractivity contribution < 1.29 is 14.7 Å². The molecule has 0 heterocycles. The quantitative estimate of drug-likeness (QED) is 0.694. The van der Waals surface area contributed by atoms with Crippen molar-refractivity contribution in [3.05, 3.63) is 63.2 Å². The van der Waals surface area contributed by atoms with Crippen molar-refractivity contribution in [1.82, 2.24) is 0 Å². The van der Waals surface area contributed by atoms with Crippen LogP contribution in [0.2, 0.25) is 0 Å². The number of carboxylic acid groups (broad SMARTS) is 1. The first-order valence-corrected chi connectivity index (χ1v) is 8.35. The fraction of sp³-hybridized carbons (Fsp3) is 0.222. The second kappa shape index (κ2) is 8.10. The molecular weight excluding hydrogens is 405 g/mol. The Morgan fingerprint density at radius 2 is 1.70 bits per heavy atom. The molecule has 0 aromatic heterocycles. The van der Waals surface area contributed by atoms with E-state index in [1.165, 1.54) is 0 Å². The molecule has 23 heavy (non-hydrogen) atoms. The average Bonchev–Trinajstić information content (AvgIpc) is 2.51. The smallest absolute Gasteiger partial charge is 0.307 e. The highest BCUT2D eigenvalue weighted by Crippen LogP contribution is 2.16. The molecule has 1 atom stereocenters. The number of aryl methyl sites for hydroxylation is 1. The molecule has 1 amide bonds. The van der Waals surface area contributed by atoms with Crippen molar-refractivity contribution in [2.24, 2.45) is 5.92 Å². The summed E-state index contributed by atoms with van der Waals surface area (Å²) < 4.78 is 1.07. The second-order valence-electron chi connectivity index (χ2n) is 5.48. The number of carbonyl (C=O) groups is 2. The van der Waals surface area contributed by atoms with Gasteiger partial charge in [0.25, 0.3) is 0 Å². The van der Waals surface area contributed by atoms with E-state index in [1.807, 2.05) is 43.3 Å². The topological polar surface area (TPSA) is 66.4 Å². The molecule has 2 N–H and O–H groups in total. The fourth-order valence-electron chi connectivity index (χ4n) is 2.22. The van der Waals surface area contributed by atoms with Gasteiger partial charge >= 0.3 is 5.97 Å². The predicted octanol–water partition coefficient (Wildman–Crippen LogP) is 3.87. The number of halogens is 1. The average molecular weight is 423 g/mol. The molecule has 0 bridgehead atoms. The van der Waals surface area contributed by atoms with Crippen LogP contribution in [0.5, 0.6) is 0 Å². The van der Waals surface area contributed by atoms with Gasteiger partial charge in [0.2, 0.25) is 5.91 Å². The summed E-state index contributed by atoms with van der Waals surface area (Å²) in [5.74, 6) is -1.98. The third-order valence-corrected chi connectivity index (χ3v) is 4.23. The van der Waals surface area contributed by atoms with Gasteiger partial charge in [0.05, 0.1) is 5.92 Å². The third kappa shape index (κ3) is 5.67. The number of benzene rings is 2. The lowest BCUT2D eigenvalue weighted by molar-refractivity contribution is -0.143. The van der Waals surface area contributed by atoms with Crippen molar-refractivity contribution in [3.63, 3.8) is 0 Å². The van der Waals surface area contributed by atoms with E-state index in [1.54, 1.807) is 12.1 Å². The van der Waals surface area contributed by atoms with E-state index in [0.717, 1.165) is 14.7 Å². The Morgan fingerprint density at radius 1 is 1.09 bits per heavy atom. The molecule has 0 saturated carbocycles. The summed E-state index contributed by atoms with van der Waals surface area (Å²) in [6, 6.07) is 15.1. The van der Waals surface area contributed by atoms with E-state index >= 15 is 0 Å². The van der Waals surface area contributed by atoms with Crippen LogP contribution in [0.4, 0.5) is 5.69 Å². The van der Waals surface area contributed by atoms with E-state index in [0.29, 0.717) is 12.1 Å². The number of carbonyl (C=O) groups excluding carboxylic acids is 1. The number of hydrogen-bond acceptors (Lipinski definition) is 2. The molecule has 2 aromatic rings. The van der Waals surface area contributed by atoms with Crippen LogP contribution in [0.1, 0.15) is 17.5 Å². The minimum atomic E-state index is -0.955. The molecule has 0 aliphatic heterocycles. The van der Waals surface area contributed by atoms with Crippen molar-refractivity contribution in [2.45, 2.75) is 19.8 Å². The molecule has 0 aliphatic rings. The number of anilines is 1. The molecular formula is C18H18INO3. The van der Waals surface area contributed by atoms with Gasteiger partial charge in [0.15, 0.2) is 0 Å². The lowest BCUT2D eigenvalue weighted by Crippen LogP contribution is -2.24. The summed E-state index contributed by atoms with van der Waals surface area (Å²) in [6.07, 6.45) is 0.297. The first kappa shape index (κ1) is 17.5. The van der Waals surface area contributed by atoms with E-state index in [4.69, 9.17) is 0 Å². The van der Waals surface area contributed by atoms with Gasteiger partial charge in [-0.15, -0.1) is 0 Å². The third-order valence-electron chi connectivity index (χ3n) is 3.51. The van der Waals surface area contributed by atoms with Crippen LogP contribution < -0.4 is 5.32 Å². The number of hydrogen-bond donors (Lipinski definition) is 2. The van der Waals surface area contributed by atoms with Gasteiger partial charge < -0.3 is 10.4 Å². The van der Waals surface area contributed by atoms with Crippen molar-refractivity contribution in [2.75, 3.05) is 5.32 Å². The molecule has 5 heteroatoms. The van der Waals surface area contributed by atoms with E-state index < -0.39 is 11.9 Å². The normalized spacial score (nSPS) is 11.7. The molecule has 4 nitrogen and oxygen atoms in total. The van der Waals surface area contributed by atoms with Crippen LogP contribution in [0.3, 0.4) is 0 Å². The summed E-state index contributed by atoms with van der Waals surface area (Å²) in [4.78, 5) is 23.5. The van der Waals surface area contributed by atoms with Crippen LogP contribution in [-0.2, 0) is 16.0 Å². The highest BCUT2D eigenvalue weighted by molar-refractivity contribution is 14.1. The van der Waals surface area contributed by atoms with Crippen molar-refractivity contribution in [1.29, 1.82) is 0 Å². The molecule has 0 spiro atoms. The maximum atomic E-state index is 12.1. The predicted molar refractivity (Wildman–Crippen MR) is 98.4 cm³/mol. The number of rotatable bonds is 6. The summed E-state index contributed by atoms with van der Waals surface area (Å²) in [5.41, 5.74) is 2.72. The SMILES string of the molecule is Cc1ccc(CC(CC(=O)Nc2ccc(I)cc2)C(=O)O)cc1. The summed E-state index contributed by atoms with van der Waals surface area (Å²) in [5, 5.41) is 12.1. The fourth-order valence-corrected chi connectivity index (χ4v) is 2.58. The highest BCUT2D eigenvalue weighted by atomic mass is 127. The van der Waals surface area contributed by atoms with E-state index in [2.05, 4.69) is 27.9 Å². The van der Waals surface area contributed by atoms with E-state index in [-0.39, 0.29) is 12.3 Å². The van der Waals surface area contributed by atoms with Crippen molar-refractivity contribution in [3.8, 4) is 0 Å². The largest absolute Gasteiger partial charge is 0.481 e. The molecule has 2 rings (SSSR count). The molecule has 0 radical (unpaired) electrons. The first-order chi connectivity index (χ1) is 10.9. The summed E-state index contributed by atoms with van der Waals surface area (Å²) in [6.45, 7) is 1.98. The van der Waals surface area contributed by atoms with Gasteiger partial charge in [0, 0.05) is 15.7 Å². The second-order valence-corrected chi connectivity index (χ2v) is 6.73. The van der Waals surface area contributed by atoms with Gasteiger partial charge in [-0.3, -0.25) is 9.59 Å². The molecule has 0 saturated heterocycles. The first-order valence-electron chi connectivity index (χ1n) is 7.28. The van der Waals surface area contributed by atoms with Gasteiger partial charge in [-0.05, 0) is 65.8 Å². The number of aliphatic carboxylic acids is 1. The van der Waals surface area contributed by atoms with Crippen LogP contribution in [0.25, 0.3) is 0 Å². The Labute approximate surface area is 149 Å². The standard InChI is InChI=1S/C18H18INO3/c1-12-2-4-13(5-3-12)10-14(18(22)23)11-17(21)20-16-8-6-15(19)7-9-16/h2-9,14H,10-11H2,1H3,(H,20,21)(H,22,23). The Bertz CT molecular complexity index is 680. The Morgan fingerprint density at radius 3 is 2.26 bits per heavy atom. The zero-order valence-electron chi connectivity index (χ0n) is 12.8. The maximum absolute atomic E-state index is 12.1. The minimum absolute atomic E-state index is 0.0464. The highest BCUT2D eigenvalue weighted by Gasteiger charge is 2.21. The van der Waals surface area contributed by atoms with Gasteiger partial charge in [-0.1, -0.05) is 29.8 Å². The Balaban J connectivity index is 1.98. The van der Waals surface area contributed by atoms with Gasteiger partial charge in [-0.2, -0.15) is 0 Å². The summed E-state index contributed by atoms with van der Waals surface area (Å²) in [7, 11) is 0. The molecule has 2 aromatic carbocycles. The molecule has 1 unspecified atom stereocenters. The zero-order valence-corrected chi connectivity index (χ0v) is 14.9. The lowest BCUT2D eigenvalue weighted by atomic mass is 9.95. The maximum Gasteiger partial charge on any atom is 0.307 e. The number of amides is 1. The van der Waals surface area contributed by atoms with Crippen LogP contribution >= 0.6 is 22.6 Å². The Kier molecular flexibility index (Phi) is 6.15. The summed E-state index contributed by atoms with van der Waals surface area (Å²) >= 11 is 2.18. The lowest BCUT2D eigenvalue weighted by Gasteiger charge is -2.13. The van der Waals surface area contributed by atoms with Crippen molar-refractivity contribution >= 4 is 40.2 Å². The van der Waals surface area contributed by atoms with Crippen LogP contribution in [0, 0.1) is 16.4 Å². The molecule has 0 fully saturated rings. The molecule has 0 aliphatic carbocycles. The van der Waals surface area contributed by atoms with Gasteiger partial charge in [-0.25, -0.2) is 0 Å². The number of carboxylic acids is 1. The van der Waals surface area contributed by atoms with Crippen LogP contribution in [0.15, 0.2) is 48.5 Å². The minimum Gasteiger partial charge on any atom is -0.481 e. The van der Waals surface area contributed by atoms with E-state index in [9.17, 15) is 14.7 Å². The zero-order chi connectivity index (χ0) is 16.8. The van der Waals surface area contributed by atoms with Gasteiger partial charge in [0.1, 0.15) is 0 Å². The number of nitrogens with one attached hydrogen (secondary N) is 1. The molecule has 120 valence electrons.